The zero-order valence-corrected chi connectivity index (χ0v) is 9.03. The molecule has 0 aliphatic carbocycles. The summed E-state index contributed by atoms with van der Waals surface area (Å²) in [5.74, 6) is 0.833. The van der Waals surface area contributed by atoms with E-state index in [1.165, 1.54) is 0 Å². The van der Waals surface area contributed by atoms with Gasteiger partial charge in [-0.05, 0) is 34.5 Å². The van der Waals surface area contributed by atoms with Crippen LogP contribution in [0.25, 0.3) is 16.3 Å². The number of benzene rings is 2. The normalized spacial score (nSPS) is 9.75. The summed E-state index contributed by atoms with van der Waals surface area (Å²) < 4.78 is 5.15. The van der Waals surface area contributed by atoms with Crippen LogP contribution in [-0.2, 0) is 0 Å². The number of methoxy groups -OCH3 is 1. The topological polar surface area (TPSA) is 33.0 Å². The van der Waals surface area contributed by atoms with Crippen molar-refractivity contribution in [2.75, 3.05) is 7.11 Å². The third-order valence-electron chi connectivity index (χ3n) is 2.53. The summed E-state index contributed by atoms with van der Waals surface area (Å²) in [5.41, 5.74) is 1.35. The van der Waals surface area contributed by atoms with E-state index < -0.39 is 0 Å². The Hall–Kier alpha value is -2.27. The Morgan fingerprint density at radius 1 is 1.19 bits per heavy atom. The van der Waals surface area contributed by atoms with Crippen LogP contribution in [0.5, 0.6) is 5.75 Å². The second-order valence-electron chi connectivity index (χ2n) is 3.52. The molecule has 0 fully saturated rings. The quantitative estimate of drug-likeness (QED) is 0.710. The van der Waals surface area contributed by atoms with E-state index in [2.05, 4.69) is 6.58 Å². The van der Waals surface area contributed by atoms with Crippen LogP contribution in [0.3, 0.4) is 0 Å². The molecule has 0 heterocycles. The van der Waals surface area contributed by atoms with Crippen LogP contribution in [0.15, 0.2) is 43.0 Å². The predicted molar refractivity (Wildman–Crippen MR) is 65.1 cm³/mol. The number of fused-ring (bicyclic) bond motifs is 1. The van der Waals surface area contributed by atoms with Crippen molar-refractivity contribution in [3.8, 4) is 11.8 Å². The summed E-state index contributed by atoms with van der Waals surface area (Å²) >= 11 is 0. The number of hydrogen-bond donors (Lipinski definition) is 0. The highest BCUT2D eigenvalue weighted by Crippen LogP contribution is 2.23. The molecular formula is C14H11NO. The molecule has 0 amide bonds. The van der Waals surface area contributed by atoms with E-state index in [-0.39, 0.29) is 0 Å². The van der Waals surface area contributed by atoms with Gasteiger partial charge >= 0.3 is 0 Å². The molecule has 0 spiro atoms. The molecule has 0 saturated carbocycles. The molecule has 16 heavy (non-hydrogen) atoms. The lowest BCUT2D eigenvalue weighted by atomic mass is 10.0. The van der Waals surface area contributed by atoms with E-state index in [1.807, 2.05) is 42.5 Å². The second-order valence-corrected chi connectivity index (χ2v) is 3.52. The number of hydrogen-bond acceptors (Lipinski definition) is 2. The Morgan fingerprint density at radius 2 is 1.88 bits per heavy atom. The van der Waals surface area contributed by atoms with Gasteiger partial charge in [-0.25, -0.2) is 0 Å². The molecule has 2 heteroatoms. The highest BCUT2D eigenvalue weighted by atomic mass is 16.5. The third-order valence-corrected chi connectivity index (χ3v) is 2.53. The molecule has 0 aliphatic heterocycles. The van der Waals surface area contributed by atoms with Gasteiger partial charge in [0.05, 0.1) is 18.8 Å². The fourth-order valence-electron chi connectivity index (χ4n) is 1.60. The summed E-state index contributed by atoms with van der Waals surface area (Å²) in [7, 11) is 1.65. The van der Waals surface area contributed by atoms with E-state index in [9.17, 15) is 0 Å². The zero-order chi connectivity index (χ0) is 11.5. The molecule has 78 valence electrons. The van der Waals surface area contributed by atoms with Gasteiger partial charge in [0.15, 0.2) is 0 Å². The van der Waals surface area contributed by atoms with E-state index in [0.717, 1.165) is 22.1 Å². The fraction of sp³-hybridized carbons (Fsp3) is 0.0714. The first-order valence-corrected chi connectivity index (χ1v) is 4.92. The first kappa shape index (κ1) is 10.3. The predicted octanol–water partition coefficient (Wildman–Crippen LogP) is 3.39. The maximum atomic E-state index is 8.77. The Kier molecular flexibility index (Phi) is 2.61. The van der Waals surface area contributed by atoms with Gasteiger partial charge < -0.3 is 4.74 Å². The lowest BCUT2D eigenvalue weighted by Gasteiger charge is -2.04. The van der Waals surface area contributed by atoms with Gasteiger partial charge in [0.2, 0.25) is 0 Å². The van der Waals surface area contributed by atoms with Crippen molar-refractivity contribution >= 4 is 16.3 Å². The van der Waals surface area contributed by atoms with Crippen LogP contribution >= 0.6 is 0 Å². The number of allylic oxidation sites excluding steroid dienone is 1. The molecule has 0 aliphatic rings. The first-order valence-electron chi connectivity index (χ1n) is 4.92. The van der Waals surface area contributed by atoms with Gasteiger partial charge in [-0.2, -0.15) is 5.26 Å². The third kappa shape index (κ3) is 1.76. The van der Waals surface area contributed by atoms with Gasteiger partial charge in [0, 0.05) is 0 Å². The van der Waals surface area contributed by atoms with Crippen LogP contribution in [0.2, 0.25) is 0 Å². The number of nitrogens with zero attached hydrogens (tertiary/aromatic N) is 1. The Bertz CT molecular complexity index is 593. The van der Waals surface area contributed by atoms with Gasteiger partial charge in [0.25, 0.3) is 0 Å². The molecule has 0 unspecified atom stereocenters. The lowest BCUT2D eigenvalue weighted by Crippen LogP contribution is -1.84. The molecule has 2 aromatic rings. The van der Waals surface area contributed by atoms with Crippen LogP contribution in [0, 0.1) is 11.3 Å². The van der Waals surface area contributed by atoms with Crippen molar-refractivity contribution in [1.29, 1.82) is 5.26 Å². The highest BCUT2D eigenvalue weighted by Gasteiger charge is 2.00. The van der Waals surface area contributed by atoms with E-state index in [0.29, 0.717) is 5.57 Å². The molecule has 2 nitrogen and oxygen atoms in total. The molecule has 0 bridgehead atoms. The average Bonchev–Trinajstić information content (AvgIpc) is 2.36. The average molecular weight is 209 g/mol. The van der Waals surface area contributed by atoms with E-state index >= 15 is 0 Å². The van der Waals surface area contributed by atoms with E-state index in [4.69, 9.17) is 10.00 Å². The number of ether oxygens (including phenoxy) is 1. The number of rotatable bonds is 2. The number of nitriles is 1. The minimum Gasteiger partial charge on any atom is -0.497 e. The first-order chi connectivity index (χ1) is 7.74. The second kappa shape index (κ2) is 4.08. The molecule has 0 atom stereocenters. The molecule has 0 saturated heterocycles. The van der Waals surface area contributed by atoms with Crippen molar-refractivity contribution in [3.05, 3.63) is 48.5 Å². The Morgan fingerprint density at radius 3 is 2.56 bits per heavy atom. The monoisotopic (exact) mass is 209 g/mol. The maximum Gasteiger partial charge on any atom is 0.119 e. The highest BCUT2D eigenvalue weighted by molar-refractivity contribution is 5.89. The molecule has 2 aromatic carbocycles. The SMILES string of the molecule is C=C(C#N)c1ccc2cc(OC)ccc2c1. The molecule has 2 rings (SSSR count). The van der Waals surface area contributed by atoms with Gasteiger partial charge in [-0.3, -0.25) is 0 Å². The fourth-order valence-corrected chi connectivity index (χ4v) is 1.60. The van der Waals surface area contributed by atoms with Gasteiger partial charge in [-0.15, -0.1) is 0 Å². The van der Waals surface area contributed by atoms with Crippen LogP contribution in [0.4, 0.5) is 0 Å². The summed E-state index contributed by atoms with van der Waals surface area (Å²) in [5, 5.41) is 10.9. The minimum absolute atomic E-state index is 0.484. The van der Waals surface area contributed by atoms with Crippen LogP contribution in [-0.4, -0.2) is 7.11 Å². The Balaban J connectivity index is 2.57. The largest absolute Gasteiger partial charge is 0.497 e. The van der Waals surface area contributed by atoms with Crippen LogP contribution < -0.4 is 4.74 Å². The summed E-state index contributed by atoms with van der Waals surface area (Å²) in [6, 6.07) is 13.7. The maximum absolute atomic E-state index is 8.77. The molecule has 0 aromatic heterocycles. The lowest BCUT2D eigenvalue weighted by molar-refractivity contribution is 0.415. The Labute approximate surface area is 94.4 Å². The minimum atomic E-state index is 0.484. The smallest absolute Gasteiger partial charge is 0.119 e. The van der Waals surface area contributed by atoms with Crippen molar-refractivity contribution in [1.82, 2.24) is 0 Å². The zero-order valence-electron chi connectivity index (χ0n) is 9.03. The van der Waals surface area contributed by atoms with Crippen molar-refractivity contribution in [3.63, 3.8) is 0 Å². The van der Waals surface area contributed by atoms with E-state index in [1.54, 1.807) is 7.11 Å². The van der Waals surface area contributed by atoms with Gasteiger partial charge in [0.1, 0.15) is 5.75 Å². The standard InChI is InChI=1S/C14H11NO/c1-10(9-15)11-3-4-13-8-14(16-2)6-5-12(13)7-11/h3-8H,1H2,2H3. The van der Waals surface area contributed by atoms with Crippen molar-refractivity contribution in [2.24, 2.45) is 0 Å². The molecule has 0 radical (unpaired) electrons. The molecule has 0 N–H and O–H groups in total. The summed E-state index contributed by atoms with van der Waals surface area (Å²) in [4.78, 5) is 0. The molecular weight excluding hydrogens is 198 g/mol. The van der Waals surface area contributed by atoms with Crippen molar-refractivity contribution in [2.45, 2.75) is 0 Å². The van der Waals surface area contributed by atoms with Gasteiger partial charge in [-0.1, -0.05) is 24.8 Å². The van der Waals surface area contributed by atoms with Crippen molar-refractivity contribution < 1.29 is 4.74 Å². The van der Waals surface area contributed by atoms with Crippen LogP contribution in [0.1, 0.15) is 5.56 Å². The summed E-state index contributed by atoms with van der Waals surface area (Å²) in [6.07, 6.45) is 0. The summed E-state index contributed by atoms with van der Waals surface area (Å²) in [6.45, 7) is 3.70.